The molecule has 0 spiro atoms. The Hall–Kier alpha value is -0.860. The van der Waals surface area contributed by atoms with Gasteiger partial charge in [-0.1, -0.05) is 0 Å². The maximum atomic E-state index is 11.7. The molecule has 8 heteroatoms. The number of amides is 1. The average Bonchev–Trinajstić information content (AvgIpc) is 2.44. The summed E-state index contributed by atoms with van der Waals surface area (Å²) in [5.74, 6) is -0.559. The van der Waals surface area contributed by atoms with Crippen LogP contribution < -0.4 is 10.8 Å². The van der Waals surface area contributed by atoms with Crippen LogP contribution in [0, 0.1) is 0 Å². The Morgan fingerprint density at radius 2 is 2.12 bits per heavy atom. The highest BCUT2D eigenvalue weighted by atomic mass is 19.4. The van der Waals surface area contributed by atoms with Crippen LogP contribution in [0.2, 0.25) is 0 Å². The van der Waals surface area contributed by atoms with Crippen molar-refractivity contribution in [2.45, 2.75) is 12.6 Å². The van der Waals surface area contributed by atoms with Gasteiger partial charge in [0.1, 0.15) is 0 Å². The second kappa shape index (κ2) is 6.77. The van der Waals surface area contributed by atoms with E-state index in [9.17, 15) is 18.0 Å². The molecule has 1 amide bonds. The molecule has 0 radical (unpaired) electrons. The SMILES string of the molecule is O=C(CN1CCCNCC1)NOCC(F)(F)F. The smallest absolute Gasteiger partial charge is 0.315 e. The van der Waals surface area contributed by atoms with E-state index in [4.69, 9.17) is 0 Å². The van der Waals surface area contributed by atoms with Gasteiger partial charge in [0.25, 0.3) is 5.91 Å². The van der Waals surface area contributed by atoms with Crippen molar-refractivity contribution in [3.8, 4) is 0 Å². The van der Waals surface area contributed by atoms with Gasteiger partial charge in [0.15, 0.2) is 6.61 Å². The van der Waals surface area contributed by atoms with Crippen LogP contribution in [-0.4, -0.2) is 56.3 Å². The van der Waals surface area contributed by atoms with E-state index in [1.807, 2.05) is 4.90 Å². The first-order valence-corrected chi connectivity index (χ1v) is 5.38. The van der Waals surface area contributed by atoms with Crippen LogP contribution in [-0.2, 0) is 9.63 Å². The Morgan fingerprint density at radius 1 is 1.35 bits per heavy atom. The molecule has 0 saturated carbocycles. The zero-order chi connectivity index (χ0) is 12.7. The summed E-state index contributed by atoms with van der Waals surface area (Å²) in [7, 11) is 0. The van der Waals surface area contributed by atoms with Crippen LogP contribution in [0.3, 0.4) is 0 Å². The number of hydrogen-bond donors (Lipinski definition) is 2. The Kier molecular flexibility index (Phi) is 5.66. The number of nitrogens with zero attached hydrogens (tertiary/aromatic N) is 1. The van der Waals surface area contributed by atoms with Gasteiger partial charge in [-0.25, -0.2) is 5.48 Å². The van der Waals surface area contributed by atoms with Crippen molar-refractivity contribution in [3.63, 3.8) is 0 Å². The fourth-order valence-electron chi connectivity index (χ4n) is 1.49. The van der Waals surface area contributed by atoms with E-state index in [0.717, 1.165) is 26.1 Å². The zero-order valence-electron chi connectivity index (χ0n) is 9.35. The molecular weight excluding hydrogens is 239 g/mol. The topological polar surface area (TPSA) is 53.6 Å². The summed E-state index contributed by atoms with van der Waals surface area (Å²) < 4.78 is 35.2. The third-order valence-corrected chi connectivity index (χ3v) is 2.22. The van der Waals surface area contributed by atoms with Crippen LogP contribution in [0.4, 0.5) is 13.2 Å². The van der Waals surface area contributed by atoms with E-state index in [1.165, 1.54) is 0 Å². The first-order chi connectivity index (χ1) is 7.97. The number of carbonyl (C=O) groups is 1. The van der Waals surface area contributed by atoms with Crippen molar-refractivity contribution >= 4 is 5.91 Å². The van der Waals surface area contributed by atoms with Gasteiger partial charge in [-0.05, 0) is 19.5 Å². The summed E-state index contributed by atoms with van der Waals surface area (Å²) in [6.07, 6.45) is -3.52. The molecule has 0 aromatic heterocycles. The third kappa shape index (κ3) is 7.14. The molecular formula is C9H16F3N3O2. The lowest BCUT2D eigenvalue weighted by Crippen LogP contribution is -2.40. The monoisotopic (exact) mass is 255 g/mol. The molecule has 17 heavy (non-hydrogen) atoms. The number of alkyl halides is 3. The van der Waals surface area contributed by atoms with Gasteiger partial charge in [0, 0.05) is 13.1 Å². The molecule has 1 saturated heterocycles. The average molecular weight is 255 g/mol. The van der Waals surface area contributed by atoms with Gasteiger partial charge in [0.2, 0.25) is 0 Å². The van der Waals surface area contributed by atoms with Gasteiger partial charge >= 0.3 is 6.18 Å². The van der Waals surface area contributed by atoms with E-state index < -0.39 is 18.7 Å². The van der Waals surface area contributed by atoms with E-state index in [-0.39, 0.29) is 6.54 Å². The molecule has 0 aromatic carbocycles. The van der Waals surface area contributed by atoms with Gasteiger partial charge < -0.3 is 5.32 Å². The Morgan fingerprint density at radius 3 is 2.82 bits per heavy atom. The van der Waals surface area contributed by atoms with E-state index in [0.29, 0.717) is 6.54 Å². The lowest BCUT2D eigenvalue weighted by atomic mass is 10.4. The Labute approximate surface area is 97.2 Å². The minimum absolute atomic E-state index is 0.0551. The van der Waals surface area contributed by atoms with Crippen LogP contribution in [0.25, 0.3) is 0 Å². The van der Waals surface area contributed by atoms with Crippen molar-refractivity contribution in [1.29, 1.82) is 0 Å². The normalized spacial score (nSPS) is 18.8. The molecule has 0 unspecified atom stereocenters. The van der Waals surface area contributed by atoms with Crippen molar-refractivity contribution in [3.05, 3.63) is 0 Å². The van der Waals surface area contributed by atoms with Gasteiger partial charge in [0.05, 0.1) is 6.54 Å². The number of carbonyl (C=O) groups excluding carboxylic acids is 1. The zero-order valence-corrected chi connectivity index (χ0v) is 9.35. The maximum absolute atomic E-state index is 11.7. The fraction of sp³-hybridized carbons (Fsp3) is 0.889. The second-order valence-electron chi connectivity index (χ2n) is 3.81. The van der Waals surface area contributed by atoms with E-state index in [1.54, 1.807) is 5.48 Å². The molecule has 1 aliphatic rings. The molecule has 0 aromatic rings. The molecule has 5 nitrogen and oxygen atoms in total. The Balaban J connectivity index is 2.15. The third-order valence-electron chi connectivity index (χ3n) is 2.22. The Bertz CT molecular complexity index is 240. The summed E-state index contributed by atoms with van der Waals surface area (Å²) in [6.45, 7) is 1.70. The standard InChI is InChI=1S/C9H16F3N3O2/c10-9(11,12)7-17-14-8(16)6-15-4-1-2-13-3-5-15/h13H,1-7H2,(H,14,16). The molecule has 1 rings (SSSR count). The van der Waals surface area contributed by atoms with Gasteiger partial charge in [-0.3, -0.25) is 14.5 Å². The number of rotatable bonds is 4. The molecule has 0 bridgehead atoms. The molecule has 1 heterocycles. The molecule has 0 aliphatic carbocycles. The van der Waals surface area contributed by atoms with Crippen molar-refractivity contribution in [2.24, 2.45) is 0 Å². The van der Waals surface area contributed by atoms with Gasteiger partial charge in [-0.15, -0.1) is 0 Å². The fourth-order valence-corrected chi connectivity index (χ4v) is 1.49. The van der Waals surface area contributed by atoms with Gasteiger partial charge in [-0.2, -0.15) is 13.2 Å². The van der Waals surface area contributed by atoms with E-state index >= 15 is 0 Å². The lowest BCUT2D eigenvalue weighted by Gasteiger charge is -2.18. The maximum Gasteiger partial charge on any atom is 0.414 e. The molecule has 1 aliphatic heterocycles. The number of hydroxylamine groups is 1. The predicted molar refractivity (Wildman–Crippen MR) is 54.1 cm³/mol. The quantitative estimate of drug-likeness (QED) is 0.688. The minimum Gasteiger partial charge on any atom is -0.315 e. The summed E-state index contributed by atoms with van der Waals surface area (Å²) >= 11 is 0. The number of hydrogen-bond acceptors (Lipinski definition) is 4. The van der Waals surface area contributed by atoms with Crippen molar-refractivity contribution < 1.29 is 22.8 Å². The van der Waals surface area contributed by atoms with Crippen molar-refractivity contribution in [2.75, 3.05) is 39.3 Å². The van der Waals surface area contributed by atoms with Crippen molar-refractivity contribution in [1.82, 2.24) is 15.7 Å². The first kappa shape index (κ1) is 14.2. The molecule has 2 N–H and O–H groups in total. The summed E-state index contributed by atoms with van der Waals surface area (Å²) in [4.78, 5) is 17.2. The summed E-state index contributed by atoms with van der Waals surface area (Å²) in [6, 6.07) is 0. The number of nitrogens with one attached hydrogen (secondary N) is 2. The van der Waals surface area contributed by atoms with Crippen LogP contribution >= 0.6 is 0 Å². The van der Waals surface area contributed by atoms with E-state index in [2.05, 4.69) is 10.2 Å². The summed E-state index contributed by atoms with van der Waals surface area (Å²) in [5, 5.41) is 3.16. The first-order valence-electron chi connectivity index (χ1n) is 5.38. The summed E-state index contributed by atoms with van der Waals surface area (Å²) in [5.41, 5.74) is 1.79. The predicted octanol–water partition coefficient (Wildman–Crippen LogP) is -0.108. The van der Waals surface area contributed by atoms with Crippen LogP contribution in [0.1, 0.15) is 6.42 Å². The highest BCUT2D eigenvalue weighted by molar-refractivity contribution is 5.76. The number of halogens is 3. The van der Waals surface area contributed by atoms with Crippen LogP contribution in [0.15, 0.2) is 0 Å². The molecule has 100 valence electrons. The highest BCUT2D eigenvalue weighted by Gasteiger charge is 2.28. The van der Waals surface area contributed by atoms with Crippen LogP contribution in [0.5, 0.6) is 0 Å². The molecule has 1 fully saturated rings. The lowest BCUT2D eigenvalue weighted by molar-refractivity contribution is -0.191. The highest BCUT2D eigenvalue weighted by Crippen LogP contribution is 2.13. The molecule has 0 atom stereocenters. The largest absolute Gasteiger partial charge is 0.414 e. The minimum atomic E-state index is -4.43. The second-order valence-corrected chi connectivity index (χ2v) is 3.81.